The first-order valence-electron chi connectivity index (χ1n) is 10.1. The standard InChI is InChI=1S/C25H21N3O5/c1-16-6-5-9-19(23(16)29)14-26-28-25(31)20(27-24(30)18-7-3-2-4-8-18)12-17-10-11-21-22(13-17)33-15-32-21/h2-14,29H,15H2,1H3,(H,27,30)(H,28,31)/b20-12-,26-14+. The summed E-state index contributed by atoms with van der Waals surface area (Å²) in [5.74, 6) is 0.141. The van der Waals surface area contributed by atoms with Crippen LogP contribution in [0.1, 0.15) is 27.0 Å². The van der Waals surface area contributed by atoms with Gasteiger partial charge in [-0.05, 0) is 54.5 Å². The van der Waals surface area contributed by atoms with Gasteiger partial charge in [0.25, 0.3) is 11.8 Å². The lowest BCUT2D eigenvalue weighted by atomic mass is 10.1. The van der Waals surface area contributed by atoms with Crippen LogP contribution in [0.15, 0.2) is 77.5 Å². The predicted molar refractivity (Wildman–Crippen MR) is 123 cm³/mol. The van der Waals surface area contributed by atoms with Gasteiger partial charge in [0.1, 0.15) is 11.4 Å². The van der Waals surface area contributed by atoms with E-state index in [-0.39, 0.29) is 18.2 Å². The van der Waals surface area contributed by atoms with Crippen LogP contribution in [0.4, 0.5) is 0 Å². The van der Waals surface area contributed by atoms with Crippen molar-refractivity contribution in [1.29, 1.82) is 0 Å². The maximum absolute atomic E-state index is 12.9. The highest BCUT2D eigenvalue weighted by atomic mass is 16.7. The fraction of sp³-hybridized carbons (Fsp3) is 0.0800. The smallest absolute Gasteiger partial charge is 0.287 e. The highest BCUT2D eigenvalue weighted by molar-refractivity contribution is 6.05. The first-order valence-corrected chi connectivity index (χ1v) is 10.1. The molecule has 0 fully saturated rings. The highest BCUT2D eigenvalue weighted by Crippen LogP contribution is 2.33. The van der Waals surface area contributed by atoms with Crippen LogP contribution in [0.3, 0.4) is 0 Å². The minimum Gasteiger partial charge on any atom is -0.507 e. The molecule has 33 heavy (non-hydrogen) atoms. The summed E-state index contributed by atoms with van der Waals surface area (Å²) in [6.45, 7) is 1.89. The van der Waals surface area contributed by atoms with E-state index in [0.29, 0.717) is 33.8 Å². The van der Waals surface area contributed by atoms with Crippen LogP contribution in [0, 0.1) is 6.92 Å². The molecule has 1 heterocycles. The van der Waals surface area contributed by atoms with Gasteiger partial charge in [0.15, 0.2) is 11.5 Å². The van der Waals surface area contributed by atoms with Gasteiger partial charge in [-0.3, -0.25) is 9.59 Å². The van der Waals surface area contributed by atoms with Crippen molar-refractivity contribution in [3.8, 4) is 17.2 Å². The number of hydrazone groups is 1. The maximum Gasteiger partial charge on any atom is 0.287 e. The molecular formula is C25H21N3O5. The lowest BCUT2D eigenvalue weighted by Crippen LogP contribution is -2.32. The van der Waals surface area contributed by atoms with Gasteiger partial charge in [0.2, 0.25) is 6.79 Å². The van der Waals surface area contributed by atoms with Gasteiger partial charge >= 0.3 is 0 Å². The molecule has 4 rings (SSSR count). The molecular weight excluding hydrogens is 422 g/mol. The third-order valence-electron chi connectivity index (χ3n) is 4.88. The second-order valence-electron chi connectivity index (χ2n) is 7.20. The van der Waals surface area contributed by atoms with Gasteiger partial charge in [-0.15, -0.1) is 0 Å². The summed E-state index contributed by atoms with van der Waals surface area (Å²) in [4.78, 5) is 25.5. The number of benzene rings is 3. The number of fused-ring (bicyclic) bond motifs is 1. The van der Waals surface area contributed by atoms with E-state index in [2.05, 4.69) is 15.8 Å². The SMILES string of the molecule is Cc1cccc(/C=N/NC(=O)/C(=C/c2ccc3c(c2)OCO3)NC(=O)c2ccccc2)c1O. The second kappa shape index (κ2) is 9.69. The molecule has 3 N–H and O–H groups in total. The van der Waals surface area contributed by atoms with Crippen molar-refractivity contribution in [1.82, 2.24) is 10.7 Å². The number of aromatic hydroxyl groups is 1. The van der Waals surface area contributed by atoms with Crippen LogP contribution in [0.25, 0.3) is 6.08 Å². The van der Waals surface area contributed by atoms with Crippen molar-refractivity contribution in [3.63, 3.8) is 0 Å². The summed E-state index contributed by atoms with van der Waals surface area (Å²) >= 11 is 0. The van der Waals surface area contributed by atoms with Crippen LogP contribution in [-0.4, -0.2) is 29.9 Å². The number of ether oxygens (including phenoxy) is 2. The molecule has 3 aromatic rings. The van der Waals surface area contributed by atoms with Crippen molar-refractivity contribution in [2.45, 2.75) is 6.92 Å². The van der Waals surface area contributed by atoms with Crippen LogP contribution < -0.4 is 20.2 Å². The Morgan fingerprint density at radius 3 is 2.61 bits per heavy atom. The van der Waals surface area contributed by atoms with E-state index in [1.807, 2.05) is 0 Å². The van der Waals surface area contributed by atoms with Crippen molar-refractivity contribution in [3.05, 3.63) is 94.7 Å². The fourth-order valence-corrected chi connectivity index (χ4v) is 3.12. The molecule has 0 bridgehead atoms. The minimum atomic E-state index is -0.639. The van der Waals surface area contributed by atoms with Crippen molar-refractivity contribution < 1.29 is 24.2 Å². The number of hydrogen-bond donors (Lipinski definition) is 3. The number of nitrogens with zero attached hydrogens (tertiary/aromatic N) is 1. The van der Waals surface area contributed by atoms with E-state index in [1.54, 1.807) is 73.7 Å². The topological polar surface area (TPSA) is 109 Å². The molecule has 3 aromatic carbocycles. The Labute approximate surface area is 190 Å². The average Bonchev–Trinajstić information content (AvgIpc) is 3.30. The Hall–Kier alpha value is -4.59. The third-order valence-corrected chi connectivity index (χ3v) is 4.88. The summed E-state index contributed by atoms with van der Waals surface area (Å²) in [6.07, 6.45) is 2.84. The van der Waals surface area contributed by atoms with Gasteiger partial charge in [0, 0.05) is 11.1 Å². The maximum atomic E-state index is 12.9. The summed E-state index contributed by atoms with van der Waals surface area (Å²) in [7, 11) is 0. The summed E-state index contributed by atoms with van der Waals surface area (Å²) in [5.41, 5.74) is 4.52. The van der Waals surface area contributed by atoms with Gasteiger partial charge in [-0.2, -0.15) is 5.10 Å². The normalized spacial score (nSPS) is 12.6. The second-order valence-corrected chi connectivity index (χ2v) is 7.20. The Morgan fingerprint density at radius 1 is 1.00 bits per heavy atom. The van der Waals surface area contributed by atoms with Gasteiger partial charge in [0.05, 0.1) is 6.21 Å². The Morgan fingerprint density at radius 2 is 1.79 bits per heavy atom. The molecule has 0 spiro atoms. The van der Waals surface area contributed by atoms with Crippen LogP contribution in [0.5, 0.6) is 17.2 Å². The number of phenols is 1. The van der Waals surface area contributed by atoms with E-state index >= 15 is 0 Å². The van der Waals surface area contributed by atoms with Crippen molar-refractivity contribution in [2.24, 2.45) is 5.10 Å². The minimum absolute atomic E-state index is 0.0201. The zero-order valence-electron chi connectivity index (χ0n) is 17.7. The van der Waals surface area contributed by atoms with Crippen LogP contribution in [0.2, 0.25) is 0 Å². The molecule has 0 saturated carbocycles. The lowest BCUT2D eigenvalue weighted by Gasteiger charge is -2.09. The molecule has 166 valence electrons. The van der Waals surface area contributed by atoms with Gasteiger partial charge in [-0.25, -0.2) is 5.43 Å². The number of carbonyl (C=O) groups is 2. The number of carbonyl (C=O) groups excluding carboxylic acids is 2. The van der Waals surface area contributed by atoms with E-state index in [1.165, 1.54) is 12.3 Å². The molecule has 1 aliphatic heterocycles. The Kier molecular flexibility index (Phi) is 6.36. The molecule has 2 amide bonds. The molecule has 1 aliphatic rings. The predicted octanol–water partition coefficient (Wildman–Crippen LogP) is 3.35. The first-order chi connectivity index (χ1) is 16.0. The van der Waals surface area contributed by atoms with Crippen LogP contribution >= 0.6 is 0 Å². The van der Waals surface area contributed by atoms with E-state index in [0.717, 1.165) is 0 Å². The first kappa shape index (κ1) is 21.6. The quantitative estimate of drug-likeness (QED) is 0.308. The monoisotopic (exact) mass is 443 g/mol. The molecule has 0 unspecified atom stereocenters. The van der Waals surface area contributed by atoms with E-state index in [4.69, 9.17) is 9.47 Å². The van der Waals surface area contributed by atoms with Gasteiger partial charge in [-0.1, -0.05) is 36.4 Å². The third kappa shape index (κ3) is 5.19. The molecule has 0 saturated heterocycles. The zero-order chi connectivity index (χ0) is 23.2. The van der Waals surface area contributed by atoms with Crippen molar-refractivity contribution in [2.75, 3.05) is 6.79 Å². The number of hydrogen-bond acceptors (Lipinski definition) is 6. The summed E-state index contributed by atoms with van der Waals surface area (Å²) in [5, 5.41) is 16.7. The van der Waals surface area contributed by atoms with Crippen LogP contribution in [-0.2, 0) is 4.79 Å². The molecule has 0 aromatic heterocycles. The summed E-state index contributed by atoms with van der Waals surface area (Å²) in [6, 6.07) is 18.9. The van der Waals surface area contributed by atoms with Gasteiger partial charge < -0.3 is 19.9 Å². The number of amides is 2. The summed E-state index contributed by atoms with van der Waals surface area (Å²) < 4.78 is 10.7. The molecule has 0 aliphatic carbocycles. The fourth-order valence-electron chi connectivity index (χ4n) is 3.12. The Balaban J connectivity index is 1.57. The molecule has 8 heteroatoms. The highest BCUT2D eigenvalue weighted by Gasteiger charge is 2.17. The average molecular weight is 443 g/mol. The number of para-hydroxylation sites is 1. The number of rotatable bonds is 6. The Bertz CT molecular complexity index is 1250. The lowest BCUT2D eigenvalue weighted by molar-refractivity contribution is -0.117. The van der Waals surface area contributed by atoms with E-state index in [9.17, 15) is 14.7 Å². The number of phenolic OH excluding ortho intramolecular Hbond substituents is 1. The molecule has 8 nitrogen and oxygen atoms in total. The van der Waals surface area contributed by atoms with E-state index < -0.39 is 11.8 Å². The number of aryl methyl sites for hydroxylation is 1. The number of nitrogens with one attached hydrogen (secondary N) is 2. The molecule has 0 radical (unpaired) electrons. The zero-order valence-corrected chi connectivity index (χ0v) is 17.7. The largest absolute Gasteiger partial charge is 0.507 e. The molecule has 0 atom stereocenters. The van der Waals surface area contributed by atoms with Crippen molar-refractivity contribution >= 4 is 24.1 Å².